The molecule has 1 rings (SSSR count). The fourth-order valence-corrected chi connectivity index (χ4v) is 2.68. The van der Waals surface area contributed by atoms with E-state index in [9.17, 15) is 21.6 Å². The Morgan fingerprint density at radius 3 is 2.55 bits per heavy atom. The lowest BCUT2D eigenvalue weighted by atomic mass is 10.2. The highest BCUT2D eigenvalue weighted by molar-refractivity contribution is 7.91. The second kappa shape index (κ2) is 6.72. The number of rotatable bonds is 6. The maximum atomic E-state index is 11.9. The van der Waals surface area contributed by atoms with Gasteiger partial charge in [0.15, 0.2) is 9.84 Å². The fourth-order valence-electron chi connectivity index (χ4n) is 1.44. The summed E-state index contributed by atoms with van der Waals surface area (Å²) in [4.78, 5) is -0.00540. The van der Waals surface area contributed by atoms with Gasteiger partial charge in [-0.05, 0) is 18.2 Å². The second-order valence-corrected chi connectivity index (χ2v) is 6.18. The lowest BCUT2D eigenvalue weighted by Gasteiger charge is -2.08. The molecule has 8 heteroatoms. The van der Waals surface area contributed by atoms with Crippen molar-refractivity contribution in [3.8, 4) is 6.07 Å². The molecule has 0 aliphatic heterocycles. The number of benzene rings is 1. The SMILES string of the molecule is N#Cc1cccc(S(=O)(=O)CCNCCC(F)(F)F)c1. The summed E-state index contributed by atoms with van der Waals surface area (Å²) >= 11 is 0. The van der Waals surface area contributed by atoms with Crippen LogP contribution in [0.25, 0.3) is 0 Å². The molecule has 0 heterocycles. The molecule has 4 nitrogen and oxygen atoms in total. The van der Waals surface area contributed by atoms with E-state index >= 15 is 0 Å². The van der Waals surface area contributed by atoms with E-state index in [1.807, 2.05) is 6.07 Å². The van der Waals surface area contributed by atoms with E-state index in [0.717, 1.165) is 0 Å². The van der Waals surface area contributed by atoms with Gasteiger partial charge in [-0.25, -0.2) is 8.42 Å². The molecular formula is C12H13F3N2O2S. The topological polar surface area (TPSA) is 70.0 Å². The standard InChI is InChI=1S/C12H13F3N2O2S/c13-12(14,15)4-5-17-6-7-20(18,19)11-3-1-2-10(8-11)9-16/h1-3,8,17H,4-7H2. The third kappa shape index (κ3) is 5.59. The normalized spacial score (nSPS) is 12.1. The number of nitrogens with one attached hydrogen (secondary N) is 1. The Balaban J connectivity index is 2.52. The molecule has 0 fully saturated rings. The van der Waals surface area contributed by atoms with Gasteiger partial charge in [-0.2, -0.15) is 18.4 Å². The van der Waals surface area contributed by atoms with Gasteiger partial charge in [0.1, 0.15) is 0 Å². The Morgan fingerprint density at radius 2 is 1.95 bits per heavy atom. The summed E-state index contributed by atoms with van der Waals surface area (Å²) in [6.07, 6.45) is -5.26. The Kier molecular flexibility index (Phi) is 5.53. The predicted molar refractivity (Wildman–Crippen MR) is 66.8 cm³/mol. The van der Waals surface area contributed by atoms with E-state index in [4.69, 9.17) is 5.26 Å². The second-order valence-electron chi connectivity index (χ2n) is 4.07. The molecular weight excluding hydrogens is 293 g/mol. The van der Waals surface area contributed by atoms with Crippen LogP contribution in [0.5, 0.6) is 0 Å². The molecule has 1 aromatic carbocycles. The van der Waals surface area contributed by atoms with Crippen molar-refractivity contribution in [1.82, 2.24) is 5.32 Å². The Hall–Kier alpha value is -1.59. The lowest BCUT2D eigenvalue weighted by Crippen LogP contribution is -2.27. The van der Waals surface area contributed by atoms with Crippen molar-refractivity contribution in [2.75, 3.05) is 18.8 Å². The molecule has 0 radical (unpaired) electrons. The van der Waals surface area contributed by atoms with Crippen LogP contribution in [-0.2, 0) is 9.84 Å². The van der Waals surface area contributed by atoms with Crippen molar-refractivity contribution in [2.24, 2.45) is 0 Å². The minimum atomic E-state index is -4.26. The minimum absolute atomic E-state index is 0.00540. The van der Waals surface area contributed by atoms with E-state index in [1.54, 1.807) is 0 Å². The summed E-state index contributed by atoms with van der Waals surface area (Å²) in [5.74, 6) is -0.320. The van der Waals surface area contributed by atoms with Gasteiger partial charge >= 0.3 is 6.18 Å². The number of hydrogen-bond acceptors (Lipinski definition) is 4. The number of nitrogens with zero attached hydrogens (tertiary/aromatic N) is 1. The molecule has 0 aromatic heterocycles. The molecule has 20 heavy (non-hydrogen) atoms. The molecule has 0 unspecified atom stereocenters. The molecule has 1 N–H and O–H groups in total. The summed E-state index contributed by atoms with van der Waals surface area (Å²) < 4.78 is 59.4. The summed E-state index contributed by atoms with van der Waals surface area (Å²) in [5.41, 5.74) is 0.219. The first-order chi connectivity index (χ1) is 9.24. The van der Waals surface area contributed by atoms with Gasteiger partial charge in [-0.3, -0.25) is 0 Å². The summed E-state index contributed by atoms with van der Waals surface area (Å²) in [6.45, 7) is -0.396. The molecule has 0 bridgehead atoms. The molecule has 110 valence electrons. The third-order valence-corrected chi connectivity index (χ3v) is 4.17. The Morgan fingerprint density at radius 1 is 1.25 bits per heavy atom. The van der Waals surface area contributed by atoms with E-state index in [1.165, 1.54) is 24.3 Å². The monoisotopic (exact) mass is 306 g/mol. The Bertz CT molecular complexity index is 591. The first-order valence-electron chi connectivity index (χ1n) is 5.75. The largest absolute Gasteiger partial charge is 0.390 e. The van der Waals surface area contributed by atoms with Crippen molar-refractivity contribution in [2.45, 2.75) is 17.5 Å². The number of hydrogen-bond donors (Lipinski definition) is 1. The van der Waals surface area contributed by atoms with Gasteiger partial charge in [0, 0.05) is 13.1 Å². The molecule has 0 aliphatic carbocycles. The number of alkyl halides is 3. The zero-order valence-electron chi connectivity index (χ0n) is 10.4. The predicted octanol–water partition coefficient (Wildman–Crippen LogP) is 1.87. The first-order valence-corrected chi connectivity index (χ1v) is 7.40. The highest BCUT2D eigenvalue weighted by Gasteiger charge is 2.26. The fraction of sp³-hybridized carbons (Fsp3) is 0.417. The quantitative estimate of drug-likeness (QED) is 0.815. The van der Waals surface area contributed by atoms with Gasteiger partial charge in [-0.1, -0.05) is 6.07 Å². The van der Waals surface area contributed by atoms with Crippen molar-refractivity contribution >= 4 is 9.84 Å². The highest BCUT2D eigenvalue weighted by atomic mass is 32.2. The molecule has 0 saturated carbocycles. The van der Waals surface area contributed by atoms with Crippen LogP contribution in [-0.4, -0.2) is 33.4 Å². The van der Waals surface area contributed by atoms with Crippen molar-refractivity contribution in [1.29, 1.82) is 5.26 Å². The van der Waals surface area contributed by atoms with Crippen molar-refractivity contribution in [3.63, 3.8) is 0 Å². The molecule has 0 atom stereocenters. The van der Waals surface area contributed by atoms with Gasteiger partial charge in [0.2, 0.25) is 0 Å². The maximum Gasteiger partial charge on any atom is 0.390 e. The van der Waals surface area contributed by atoms with Crippen LogP contribution < -0.4 is 5.32 Å². The maximum absolute atomic E-state index is 11.9. The van der Waals surface area contributed by atoms with E-state index < -0.39 is 22.4 Å². The molecule has 0 aliphatic rings. The van der Waals surface area contributed by atoms with Gasteiger partial charge in [0.05, 0.1) is 28.7 Å². The number of nitriles is 1. The van der Waals surface area contributed by atoms with Crippen molar-refractivity contribution < 1.29 is 21.6 Å². The van der Waals surface area contributed by atoms with Gasteiger partial charge < -0.3 is 5.32 Å². The third-order valence-electron chi connectivity index (χ3n) is 2.46. The van der Waals surface area contributed by atoms with Crippen LogP contribution >= 0.6 is 0 Å². The van der Waals surface area contributed by atoms with Crippen LogP contribution in [0.4, 0.5) is 13.2 Å². The van der Waals surface area contributed by atoms with Crippen LogP contribution in [0.3, 0.4) is 0 Å². The van der Waals surface area contributed by atoms with E-state index in [0.29, 0.717) is 0 Å². The van der Waals surface area contributed by atoms with Crippen LogP contribution in [0.1, 0.15) is 12.0 Å². The van der Waals surface area contributed by atoms with Gasteiger partial charge in [-0.15, -0.1) is 0 Å². The Labute approximate surface area is 115 Å². The molecule has 0 spiro atoms. The summed E-state index contributed by atoms with van der Waals surface area (Å²) in [5, 5.41) is 11.1. The average molecular weight is 306 g/mol. The lowest BCUT2D eigenvalue weighted by molar-refractivity contribution is -0.133. The molecule has 0 saturated heterocycles. The van der Waals surface area contributed by atoms with Crippen LogP contribution in [0.2, 0.25) is 0 Å². The van der Waals surface area contributed by atoms with Gasteiger partial charge in [0.25, 0.3) is 0 Å². The molecule has 0 amide bonds. The highest BCUT2D eigenvalue weighted by Crippen LogP contribution is 2.18. The van der Waals surface area contributed by atoms with Crippen molar-refractivity contribution in [3.05, 3.63) is 29.8 Å². The number of sulfone groups is 1. The minimum Gasteiger partial charge on any atom is -0.315 e. The first kappa shape index (κ1) is 16.5. The number of halogens is 3. The van der Waals surface area contributed by atoms with E-state index in [-0.39, 0.29) is 29.3 Å². The average Bonchev–Trinajstić information content (AvgIpc) is 2.37. The molecule has 1 aromatic rings. The van der Waals surface area contributed by atoms with Crippen LogP contribution in [0.15, 0.2) is 29.2 Å². The summed E-state index contributed by atoms with van der Waals surface area (Å²) in [7, 11) is -3.60. The van der Waals surface area contributed by atoms with Crippen LogP contribution in [0, 0.1) is 11.3 Å². The summed E-state index contributed by atoms with van der Waals surface area (Å²) in [6, 6.07) is 7.34. The zero-order valence-corrected chi connectivity index (χ0v) is 11.3. The zero-order chi connectivity index (χ0) is 15.2. The smallest absolute Gasteiger partial charge is 0.315 e. The van der Waals surface area contributed by atoms with E-state index in [2.05, 4.69) is 5.32 Å².